The molecule has 7 nitrogen and oxygen atoms in total. The predicted molar refractivity (Wildman–Crippen MR) is 89.0 cm³/mol. The lowest BCUT2D eigenvalue weighted by atomic mass is 10.3. The van der Waals surface area contributed by atoms with Crippen molar-refractivity contribution in [1.29, 1.82) is 0 Å². The van der Waals surface area contributed by atoms with E-state index in [1.54, 1.807) is 0 Å². The average Bonchev–Trinajstić information content (AvgIpc) is 2.96. The van der Waals surface area contributed by atoms with E-state index in [9.17, 15) is 18.5 Å². The van der Waals surface area contributed by atoms with Gasteiger partial charge in [0.2, 0.25) is 9.84 Å². The zero-order chi connectivity index (χ0) is 17.5. The molecule has 0 saturated carbocycles. The van der Waals surface area contributed by atoms with Gasteiger partial charge in [0.1, 0.15) is 5.82 Å². The van der Waals surface area contributed by atoms with E-state index in [4.69, 9.17) is 11.6 Å². The number of rotatable bonds is 4. The van der Waals surface area contributed by atoms with Gasteiger partial charge in [-0.2, -0.15) is 0 Å². The molecule has 0 bridgehead atoms. The molecule has 1 heterocycles. The van der Waals surface area contributed by atoms with E-state index in [1.165, 1.54) is 24.3 Å². The molecule has 0 spiro atoms. The lowest BCUT2D eigenvalue weighted by Gasteiger charge is -2.06. The molecule has 0 radical (unpaired) electrons. The summed E-state index contributed by atoms with van der Waals surface area (Å²) in [5.74, 6) is 0.728. The van der Waals surface area contributed by atoms with Gasteiger partial charge in [0.15, 0.2) is 0 Å². The average molecular weight is 366 g/mol. The van der Waals surface area contributed by atoms with Crippen molar-refractivity contribution in [3.8, 4) is 0 Å². The van der Waals surface area contributed by atoms with Crippen LogP contribution in [0.5, 0.6) is 0 Å². The van der Waals surface area contributed by atoms with Crippen LogP contribution in [0.1, 0.15) is 12.7 Å². The molecule has 0 atom stereocenters. The van der Waals surface area contributed by atoms with Crippen molar-refractivity contribution in [2.24, 2.45) is 0 Å². The molecule has 0 aliphatic rings. The van der Waals surface area contributed by atoms with Crippen LogP contribution in [-0.2, 0) is 16.3 Å². The molecule has 124 valence electrons. The third-order valence-electron chi connectivity index (χ3n) is 3.57. The summed E-state index contributed by atoms with van der Waals surface area (Å²) in [5, 5.41) is 10.7. The number of nitro benzene ring substituents is 1. The number of hydrogen-bond donors (Lipinski definition) is 1. The van der Waals surface area contributed by atoms with Gasteiger partial charge in [0, 0.05) is 18.6 Å². The first-order valence-electron chi connectivity index (χ1n) is 7.00. The first-order chi connectivity index (χ1) is 11.3. The van der Waals surface area contributed by atoms with Gasteiger partial charge in [-0.3, -0.25) is 10.1 Å². The highest BCUT2D eigenvalue weighted by Gasteiger charge is 2.23. The number of sulfone groups is 1. The Morgan fingerprint density at radius 3 is 2.50 bits per heavy atom. The van der Waals surface area contributed by atoms with Crippen LogP contribution in [0.15, 0.2) is 46.2 Å². The molecule has 2 aromatic carbocycles. The van der Waals surface area contributed by atoms with Gasteiger partial charge in [-0.15, -0.1) is 0 Å². The van der Waals surface area contributed by atoms with Gasteiger partial charge in [-0.05, 0) is 24.3 Å². The Kier molecular flexibility index (Phi) is 4.02. The van der Waals surface area contributed by atoms with Gasteiger partial charge in [-0.1, -0.05) is 18.5 Å². The van der Waals surface area contributed by atoms with E-state index < -0.39 is 14.8 Å². The summed E-state index contributed by atoms with van der Waals surface area (Å²) >= 11 is 6.13. The standard InChI is InChI=1S/C15H12ClN3O4S/c1-2-15-17-12-7-11(16)14(8-13(12)18-15)24(22,23)10-5-3-9(4-6-10)19(20)21/h3-8H,2H2,1H3,(H,17,18). The van der Waals surface area contributed by atoms with Crippen molar-refractivity contribution in [1.82, 2.24) is 9.97 Å². The van der Waals surface area contributed by atoms with Crippen LogP contribution >= 0.6 is 11.6 Å². The molecule has 3 rings (SSSR count). The summed E-state index contributed by atoms with van der Waals surface area (Å²) in [4.78, 5) is 17.3. The molecular weight excluding hydrogens is 354 g/mol. The maximum absolute atomic E-state index is 12.8. The Morgan fingerprint density at radius 2 is 1.92 bits per heavy atom. The van der Waals surface area contributed by atoms with Gasteiger partial charge < -0.3 is 4.98 Å². The van der Waals surface area contributed by atoms with Crippen LogP contribution < -0.4 is 0 Å². The number of aryl methyl sites for hydroxylation is 1. The number of H-pyrrole nitrogens is 1. The third kappa shape index (κ3) is 2.74. The van der Waals surface area contributed by atoms with Crippen molar-refractivity contribution in [2.75, 3.05) is 0 Å². The van der Waals surface area contributed by atoms with Crippen LogP contribution in [0.25, 0.3) is 11.0 Å². The highest BCUT2D eigenvalue weighted by Crippen LogP contribution is 2.31. The summed E-state index contributed by atoms with van der Waals surface area (Å²) in [5.41, 5.74) is 0.966. The Bertz CT molecular complexity index is 1040. The Balaban J connectivity index is 2.13. The number of imidazole rings is 1. The number of hydrogen-bond acceptors (Lipinski definition) is 5. The van der Waals surface area contributed by atoms with Crippen molar-refractivity contribution in [3.63, 3.8) is 0 Å². The Morgan fingerprint density at radius 1 is 1.25 bits per heavy atom. The van der Waals surface area contributed by atoms with Crippen LogP contribution in [-0.4, -0.2) is 23.3 Å². The zero-order valence-electron chi connectivity index (χ0n) is 12.5. The largest absolute Gasteiger partial charge is 0.342 e. The van der Waals surface area contributed by atoms with Crippen LogP contribution in [0, 0.1) is 10.1 Å². The fraction of sp³-hybridized carbons (Fsp3) is 0.133. The number of nitrogens with one attached hydrogen (secondary N) is 1. The normalized spacial score (nSPS) is 11.8. The van der Waals surface area contributed by atoms with E-state index in [-0.39, 0.29) is 20.5 Å². The monoisotopic (exact) mass is 365 g/mol. The molecule has 0 fully saturated rings. The predicted octanol–water partition coefficient (Wildman–Crippen LogP) is 3.52. The molecule has 1 aromatic heterocycles. The quantitative estimate of drug-likeness (QED) is 0.562. The van der Waals surface area contributed by atoms with Crippen LogP contribution in [0.4, 0.5) is 5.69 Å². The van der Waals surface area contributed by atoms with Crippen molar-refractivity contribution < 1.29 is 13.3 Å². The fourth-order valence-corrected chi connectivity index (χ4v) is 4.11. The summed E-state index contributed by atoms with van der Waals surface area (Å²) in [6.07, 6.45) is 0.677. The topological polar surface area (TPSA) is 106 Å². The minimum absolute atomic E-state index is 0.0509. The number of nitro groups is 1. The van der Waals surface area contributed by atoms with E-state index in [2.05, 4.69) is 9.97 Å². The Hall–Kier alpha value is -2.45. The zero-order valence-corrected chi connectivity index (χ0v) is 14.1. The maximum Gasteiger partial charge on any atom is 0.269 e. The van der Waals surface area contributed by atoms with E-state index in [0.717, 1.165) is 18.0 Å². The number of fused-ring (bicyclic) bond motifs is 1. The van der Waals surface area contributed by atoms with Gasteiger partial charge >= 0.3 is 0 Å². The molecule has 1 N–H and O–H groups in total. The fourth-order valence-electron chi connectivity index (χ4n) is 2.31. The summed E-state index contributed by atoms with van der Waals surface area (Å²) in [6, 6.07) is 7.59. The van der Waals surface area contributed by atoms with E-state index in [1.807, 2.05) is 6.92 Å². The minimum atomic E-state index is -3.90. The van der Waals surface area contributed by atoms with Crippen LogP contribution in [0.2, 0.25) is 5.02 Å². The molecular formula is C15H12ClN3O4S. The van der Waals surface area contributed by atoms with Crippen molar-refractivity contribution in [3.05, 3.63) is 57.4 Å². The molecule has 0 saturated heterocycles. The number of nitrogens with zero attached hydrogens (tertiary/aromatic N) is 2. The highest BCUT2D eigenvalue weighted by atomic mass is 35.5. The molecule has 24 heavy (non-hydrogen) atoms. The lowest BCUT2D eigenvalue weighted by molar-refractivity contribution is -0.384. The second-order valence-electron chi connectivity index (χ2n) is 5.09. The summed E-state index contributed by atoms with van der Waals surface area (Å²) in [6.45, 7) is 1.92. The number of aromatic nitrogens is 2. The third-order valence-corrected chi connectivity index (χ3v) is 5.80. The smallest absolute Gasteiger partial charge is 0.269 e. The first-order valence-corrected chi connectivity index (χ1v) is 8.86. The number of halogens is 1. The number of benzene rings is 2. The second kappa shape index (κ2) is 5.88. The molecule has 3 aromatic rings. The van der Waals surface area contributed by atoms with Gasteiger partial charge in [0.25, 0.3) is 5.69 Å². The van der Waals surface area contributed by atoms with Crippen LogP contribution in [0.3, 0.4) is 0 Å². The molecule has 0 amide bonds. The number of non-ortho nitro benzene ring substituents is 1. The Labute approximate surface area is 142 Å². The first kappa shape index (κ1) is 16.4. The van der Waals surface area contributed by atoms with Crippen molar-refractivity contribution >= 4 is 38.2 Å². The summed E-state index contributed by atoms with van der Waals surface area (Å²) in [7, 11) is -3.90. The maximum atomic E-state index is 12.8. The minimum Gasteiger partial charge on any atom is -0.342 e. The molecule has 0 aliphatic carbocycles. The van der Waals surface area contributed by atoms with Gasteiger partial charge in [-0.25, -0.2) is 13.4 Å². The lowest BCUT2D eigenvalue weighted by Crippen LogP contribution is -2.03. The van der Waals surface area contributed by atoms with Crippen molar-refractivity contribution in [2.45, 2.75) is 23.1 Å². The SMILES string of the molecule is CCc1nc2cc(Cl)c(S(=O)(=O)c3ccc([N+](=O)[O-])cc3)cc2[nH]1. The molecule has 0 unspecified atom stereocenters. The van der Waals surface area contributed by atoms with E-state index in [0.29, 0.717) is 17.5 Å². The number of aromatic amines is 1. The molecule has 9 heteroatoms. The van der Waals surface area contributed by atoms with Gasteiger partial charge in [0.05, 0.1) is 30.8 Å². The summed E-state index contributed by atoms with van der Waals surface area (Å²) < 4.78 is 25.5. The second-order valence-corrected chi connectivity index (χ2v) is 7.42. The molecule has 0 aliphatic heterocycles. The van der Waals surface area contributed by atoms with E-state index >= 15 is 0 Å². The highest BCUT2D eigenvalue weighted by molar-refractivity contribution is 7.91.